The van der Waals surface area contributed by atoms with Crippen LogP contribution in [0.5, 0.6) is 0 Å². The van der Waals surface area contributed by atoms with Gasteiger partial charge in [0.05, 0.1) is 23.0 Å². The van der Waals surface area contributed by atoms with Gasteiger partial charge in [-0.05, 0) is 73.0 Å². The maximum atomic E-state index is 13.5. The molecule has 0 radical (unpaired) electrons. The summed E-state index contributed by atoms with van der Waals surface area (Å²) in [5.41, 5.74) is 7.67. The Morgan fingerprint density at radius 1 is 0.906 bits per heavy atom. The van der Waals surface area contributed by atoms with Gasteiger partial charge in [0.15, 0.2) is 5.82 Å². The number of piperidine rings is 1. The molecule has 11 nitrogen and oxygen atoms in total. The van der Waals surface area contributed by atoms with Gasteiger partial charge in [-0.3, -0.25) is 14.4 Å². The summed E-state index contributed by atoms with van der Waals surface area (Å²) in [6.07, 6.45) is 14.3. The number of carboxylic acids is 1. The fourth-order valence-corrected chi connectivity index (χ4v) is 8.73. The number of carbonyl (C=O) groups is 4. The number of nitrogens with two attached hydrogens (primary N) is 1. The second-order valence-electron chi connectivity index (χ2n) is 15.9. The number of carboxylic acid groups (broad SMARTS) is 1. The van der Waals surface area contributed by atoms with Crippen LogP contribution >= 0.6 is 11.3 Å². The van der Waals surface area contributed by atoms with Crippen molar-refractivity contribution in [3.63, 3.8) is 0 Å². The third-order valence-electron chi connectivity index (χ3n) is 10.9. The van der Waals surface area contributed by atoms with Crippen molar-refractivity contribution in [3.05, 3.63) is 64.1 Å². The van der Waals surface area contributed by atoms with E-state index < -0.39 is 35.8 Å². The van der Waals surface area contributed by atoms with E-state index in [1.54, 1.807) is 6.07 Å². The molecule has 2 aromatic heterocycles. The number of nitrogens with one attached hydrogen (secondary N) is 2. The first kappa shape index (κ1) is 39.9. The zero-order valence-electron chi connectivity index (χ0n) is 31.6. The summed E-state index contributed by atoms with van der Waals surface area (Å²) in [6, 6.07) is 8.66. The summed E-state index contributed by atoms with van der Waals surface area (Å²) in [5.74, 6) is 0.168. The van der Waals surface area contributed by atoms with Crippen LogP contribution in [0.1, 0.15) is 112 Å². The number of hydrogen-bond acceptors (Lipinski definition) is 8. The number of hydrogen-bond donors (Lipinski definition) is 4. The smallest absolute Gasteiger partial charge is 0.326 e. The standard InChI is InChI=1S/C41H56N6O5S/c1-5-6-26-7-11-28(12-8-26)29-19-21-47(22-20-29)31-24-43-37(44-25-31)30-13-9-27(10-14-30)23-33(38(49)45-32(40(51)52)15-18-36(42)48)46-39(50)34-16-17-35(53-34)41(2,3)4/h9-10,13-14,16-17,24-26,28-29,32-33H,5-8,11-12,15,18-23H2,1-4H3,(H2,42,48)(H,45,49)(H,46,50)(H,51,52)/t26?,28?,32-,33+/m1/s1. The minimum Gasteiger partial charge on any atom is -0.480 e. The van der Waals surface area contributed by atoms with E-state index >= 15 is 0 Å². The molecule has 286 valence electrons. The molecule has 1 aliphatic heterocycles. The maximum absolute atomic E-state index is 13.5. The van der Waals surface area contributed by atoms with Crippen molar-refractivity contribution >= 4 is 40.7 Å². The van der Waals surface area contributed by atoms with E-state index in [4.69, 9.17) is 5.73 Å². The number of thiophene rings is 1. The van der Waals surface area contributed by atoms with Gasteiger partial charge in [0.25, 0.3) is 5.91 Å². The third kappa shape index (κ3) is 11.1. The van der Waals surface area contributed by atoms with Crippen molar-refractivity contribution in [1.82, 2.24) is 20.6 Å². The molecule has 5 N–H and O–H groups in total. The Balaban J connectivity index is 1.21. The molecule has 2 atom stereocenters. The van der Waals surface area contributed by atoms with Crippen molar-refractivity contribution < 1.29 is 24.3 Å². The SMILES string of the molecule is CCCC1CCC(C2CCN(c3cnc(-c4ccc(C[C@H](NC(=O)c5ccc(C(C)(C)C)s5)C(=O)N[C@H](CCC(N)=O)C(=O)O)cc4)nc3)CC2)CC1. The Morgan fingerprint density at radius 2 is 1.55 bits per heavy atom. The van der Waals surface area contributed by atoms with E-state index in [0.29, 0.717) is 10.7 Å². The number of aliphatic carboxylic acids is 1. The van der Waals surface area contributed by atoms with Gasteiger partial charge in [-0.1, -0.05) is 77.6 Å². The van der Waals surface area contributed by atoms with Gasteiger partial charge in [-0.2, -0.15) is 0 Å². The van der Waals surface area contributed by atoms with Crippen LogP contribution in [0.2, 0.25) is 0 Å². The zero-order valence-corrected chi connectivity index (χ0v) is 32.4. The van der Waals surface area contributed by atoms with E-state index in [1.807, 2.05) is 42.7 Å². The highest BCUT2D eigenvalue weighted by Crippen LogP contribution is 2.39. The molecule has 1 saturated carbocycles. The van der Waals surface area contributed by atoms with Crippen molar-refractivity contribution in [2.45, 2.75) is 116 Å². The van der Waals surface area contributed by atoms with Crippen LogP contribution in [0.25, 0.3) is 11.4 Å². The Labute approximate surface area is 317 Å². The molecule has 3 aromatic rings. The second kappa shape index (κ2) is 18.1. The molecule has 53 heavy (non-hydrogen) atoms. The number of carbonyl (C=O) groups excluding carboxylic acids is 3. The highest BCUT2D eigenvalue weighted by molar-refractivity contribution is 7.14. The van der Waals surface area contributed by atoms with Crippen molar-refractivity contribution in [3.8, 4) is 11.4 Å². The minimum atomic E-state index is -1.34. The van der Waals surface area contributed by atoms with Gasteiger partial charge in [0.1, 0.15) is 12.1 Å². The van der Waals surface area contributed by atoms with Gasteiger partial charge < -0.3 is 26.4 Å². The summed E-state index contributed by atoms with van der Waals surface area (Å²) >= 11 is 1.35. The monoisotopic (exact) mass is 744 g/mol. The van der Waals surface area contributed by atoms with Crippen LogP contribution in [-0.2, 0) is 26.2 Å². The van der Waals surface area contributed by atoms with E-state index in [0.717, 1.165) is 52.5 Å². The first-order valence-electron chi connectivity index (χ1n) is 19.2. The van der Waals surface area contributed by atoms with Crippen LogP contribution in [0.3, 0.4) is 0 Å². The van der Waals surface area contributed by atoms with Gasteiger partial charge in [-0.25, -0.2) is 14.8 Å². The molecular weight excluding hydrogens is 689 g/mol. The number of primary amides is 1. The summed E-state index contributed by atoms with van der Waals surface area (Å²) in [7, 11) is 0. The lowest BCUT2D eigenvalue weighted by molar-refractivity contribution is -0.142. The lowest BCUT2D eigenvalue weighted by atomic mass is 9.72. The molecular formula is C41H56N6O5S. The van der Waals surface area contributed by atoms with E-state index in [-0.39, 0.29) is 24.7 Å². The summed E-state index contributed by atoms with van der Waals surface area (Å²) in [5, 5.41) is 15.0. The maximum Gasteiger partial charge on any atom is 0.326 e. The molecule has 0 bridgehead atoms. The first-order valence-corrected chi connectivity index (χ1v) is 20.0. The number of benzene rings is 1. The first-order chi connectivity index (χ1) is 25.3. The minimum absolute atomic E-state index is 0.105. The normalized spacial score (nSPS) is 19.3. The van der Waals surface area contributed by atoms with E-state index in [9.17, 15) is 24.3 Å². The van der Waals surface area contributed by atoms with Crippen molar-refractivity contribution in [2.75, 3.05) is 18.0 Å². The van der Waals surface area contributed by atoms with Crippen LogP contribution in [-0.4, -0.2) is 63.9 Å². The molecule has 1 aromatic carbocycles. The van der Waals surface area contributed by atoms with E-state index in [1.165, 1.54) is 62.7 Å². The Morgan fingerprint density at radius 3 is 2.11 bits per heavy atom. The molecule has 12 heteroatoms. The number of amides is 3. The Bertz CT molecular complexity index is 1690. The highest BCUT2D eigenvalue weighted by atomic mass is 32.1. The molecule has 1 aliphatic carbocycles. The number of anilines is 1. The fourth-order valence-electron chi connectivity index (χ4n) is 7.76. The molecule has 2 aliphatic rings. The van der Waals surface area contributed by atoms with Gasteiger partial charge in [0, 0.05) is 36.4 Å². The third-order valence-corrected chi connectivity index (χ3v) is 12.4. The fraction of sp³-hybridized carbons (Fsp3) is 0.561. The van der Waals surface area contributed by atoms with Crippen LogP contribution in [0.4, 0.5) is 5.69 Å². The molecule has 5 rings (SSSR count). The van der Waals surface area contributed by atoms with Crippen LogP contribution in [0, 0.1) is 17.8 Å². The predicted octanol–water partition coefficient (Wildman–Crippen LogP) is 6.50. The molecule has 0 spiro atoms. The lowest BCUT2D eigenvalue weighted by Crippen LogP contribution is -2.52. The quantitative estimate of drug-likeness (QED) is 0.137. The van der Waals surface area contributed by atoms with Gasteiger partial charge in [-0.15, -0.1) is 11.3 Å². The van der Waals surface area contributed by atoms with Crippen molar-refractivity contribution in [1.29, 1.82) is 0 Å². The molecule has 0 unspecified atom stereocenters. The number of aromatic nitrogens is 2. The second-order valence-corrected chi connectivity index (χ2v) is 17.0. The largest absolute Gasteiger partial charge is 0.480 e. The van der Waals surface area contributed by atoms with Gasteiger partial charge in [0.2, 0.25) is 11.8 Å². The summed E-state index contributed by atoms with van der Waals surface area (Å²) in [6.45, 7) is 10.5. The number of nitrogens with zero attached hydrogens (tertiary/aromatic N) is 3. The average Bonchev–Trinajstić information content (AvgIpc) is 3.66. The predicted molar refractivity (Wildman–Crippen MR) is 209 cm³/mol. The molecule has 3 amide bonds. The van der Waals surface area contributed by atoms with E-state index in [2.05, 4.69) is 53.2 Å². The van der Waals surface area contributed by atoms with Crippen molar-refractivity contribution in [2.24, 2.45) is 23.5 Å². The van der Waals surface area contributed by atoms with Gasteiger partial charge >= 0.3 is 5.97 Å². The zero-order chi connectivity index (χ0) is 38.1. The number of rotatable bonds is 15. The summed E-state index contributed by atoms with van der Waals surface area (Å²) in [4.78, 5) is 63.3. The van der Waals surface area contributed by atoms with Crippen LogP contribution in [0.15, 0.2) is 48.8 Å². The Hall–Kier alpha value is -4.32. The Kier molecular flexibility index (Phi) is 13.6. The molecule has 2 fully saturated rings. The molecule has 1 saturated heterocycles. The average molecular weight is 745 g/mol. The van der Waals surface area contributed by atoms with Crippen LogP contribution < -0.4 is 21.3 Å². The highest BCUT2D eigenvalue weighted by Gasteiger charge is 2.31. The lowest BCUT2D eigenvalue weighted by Gasteiger charge is -2.39. The molecule has 3 heterocycles. The summed E-state index contributed by atoms with van der Waals surface area (Å²) < 4.78 is 0. The topological polar surface area (TPSA) is 168 Å².